The number of sulfonamides is 1. The van der Waals surface area contributed by atoms with E-state index in [2.05, 4.69) is 41.0 Å². The van der Waals surface area contributed by atoms with Crippen molar-refractivity contribution < 1.29 is 8.42 Å². The van der Waals surface area contributed by atoms with Crippen LogP contribution in [0.2, 0.25) is 0 Å². The summed E-state index contributed by atoms with van der Waals surface area (Å²) in [4.78, 5) is 2.72. The van der Waals surface area contributed by atoms with E-state index < -0.39 is 10.0 Å². The lowest BCUT2D eigenvalue weighted by atomic mass is 9.99. The number of nitrogens with one attached hydrogen (secondary N) is 2. The average Bonchev–Trinajstić information content (AvgIpc) is 2.80. The summed E-state index contributed by atoms with van der Waals surface area (Å²) in [5.41, 5.74) is 4.79. The Kier molecular flexibility index (Phi) is 4.09. The second kappa shape index (κ2) is 6.02. The maximum atomic E-state index is 12.3. The molecular weight excluding hydrogens is 296 g/mol. The molecule has 0 unspecified atom stereocenters. The molecule has 2 bridgehead atoms. The number of allylic oxidation sites excluding steroid dienone is 6. The van der Waals surface area contributed by atoms with Crippen LogP contribution in [-0.2, 0) is 10.0 Å². The number of hydrazine groups is 1. The van der Waals surface area contributed by atoms with Crippen molar-refractivity contribution >= 4 is 10.0 Å². The summed E-state index contributed by atoms with van der Waals surface area (Å²) < 4.78 is 24.6. The molecule has 22 heavy (non-hydrogen) atoms. The molecule has 0 fully saturated rings. The second-order valence-corrected chi connectivity index (χ2v) is 7.33. The van der Waals surface area contributed by atoms with Gasteiger partial charge >= 0.3 is 0 Å². The average molecular weight is 315 g/mol. The first-order chi connectivity index (χ1) is 10.5. The summed E-state index contributed by atoms with van der Waals surface area (Å²) in [6, 6.07) is 6.78. The first kappa shape index (κ1) is 14.9. The van der Waals surface area contributed by atoms with Crippen molar-refractivity contribution in [3.63, 3.8) is 0 Å². The molecular formula is C17H19N2O2S+. The first-order valence-electron chi connectivity index (χ1n) is 7.28. The molecule has 2 N–H and O–H groups in total. The van der Waals surface area contributed by atoms with Gasteiger partial charge in [0, 0.05) is 18.5 Å². The first-order valence-corrected chi connectivity index (χ1v) is 8.76. The van der Waals surface area contributed by atoms with Gasteiger partial charge in [0.1, 0.15) is 0 Å². The Hall–Kier alpha value is -1.98. The van der Waals surface area contributed by atoms with E-state index in [0.717, 1.165) is 17.7 Å². The highest BCUT2D eigenvalue weighted by Gasteiger charge is 2.22. The zero-order valence-electron chi connectivity index (χ0n) is 12.4. The number of fused-ring (bicyclic) bond motifs is 2. The van der Waals surface area contributed by atoms with Crippen LogP contribution >= 0.6 is 0 Å². The van der Waals surface area contributed by atoms with Gasteiger partial charge in [-0.2, -0.15) is 0 Å². The number of aryl methyl sites for hydroxylation is 1. The van der Waals surface area contributed by atoms with Crippen LogP contribution in [0.5, 0.6) is 0 Å². The smallest absolute Gasteiger partial charge is 0.257 e. The zero-order valence-corrected chi connectivity index (χ0v) is 13.2. The van der Waals surface area contributed by atoms with Crippen LogP contribution in [0, 0.1) is 25.2 Å². The van der Waals surface area contributed by atoms with Crippen molar-refractivity contribution in [2.24, 2.45) is 11.8 Å². The summed E-state index contributed by atoms with van der Waals surface area (Å²) in [6.07, 6.45) is 13.4. The topological polar surface area (TPSA) is 58.2 Å². The molecule has 1 aromatic rings. The summed E-state index contributed by atoms with van der Waals surface area (Å²) in [7, 11) is -3.56. The fourth-order valence-electron chi connectivity index (χ4n) is 2.54. The number of hydrogen-bond donors (Lipinski definition) is 2. The molecule has 2 atom stereocenters. The fraction of sp³-hybridized carbons (Fsp3) is 0.235. The molecule has 0 saturated heterocycles. The molecule has 3 rings (SSSR count). The number of rotatable bonds is 4. The van der Waals surface area contributed by atoms with Crippen molar-refractivity contribution in [3.05, 3.63) is 72.3 Å². The van der Waals surface area contributed by atoms with Gasteiger partial charge in [-0.25, -0.2) is 8.42 Å². The van der Waals surface area contributed by atoms with Crippen molar-refractivity contribution in [1.29, 1.82) is 0 Å². The highest BCUT2D eigenvalue weighted by Crippen LogP contribution is 2.26. The van der Waals surface area contributed by atoms with Crippen LogP contribution in [0.25, 0.3) is 0 Å². The van der Waals surface area contributed by atoms with E-state index in [9.17, 15) is 8.42 Å². The van der Waals surface area contributed by atoms with Gasteiger partial charge < -0.3 is 5.43 Å². The van der Waals surface area contributed by atoms with E-state index in [4.69, 9.17) is 0 Å². The molecule has 2 aliphatic carbocycles. The van der Waals surface area contributed by atoms with Crippen LogP contribution in [0.1, 0.15) is 12.0 Å². The Morgan fingerprint density at radius 2 is 1.91 bits per heavy atom. The molecule has 4 nitrogen and oxygen atoms in total. The summed E-state index contributed by atoms with van der Waals surface area (Å²) >= 11 is 0. The molecule has 5 heteroatoms. The van der Waals surface area contributed by atoms with Crippen LogP contribution in [-0.4, -0.2) is 8.42 Å². The van der Waals surface area contributed by atoms with Gasteiger partial charge in [-0.1, -0.05) is 29.8 Å². The minimum Gasteiger partial charge on any atom is -0.312 e. The third-order valence-corrected chi connectivity index (χ3v) is 5.06. The lowest BCUT2D eigenvalue weighted by molar-refractivity contribution is 0.563. The summed E-state index contributed by atoms with van der Waals surface area (Å²) in [5.74, 6) is 0.501. The van der Waals surface area contributed by atoms with E-state index in [0.29, 0.717) is 5.92 Å². The summed E-state index contributed by atoms with van der Waals surface area (Å²) in [5, 5.41) is 0. The Bertz CT molecular complexity index is 730. The Labute approximate surface area is 131 Å². The molecule has 1 aromatic carbocycles. The van der Waals surface area contributed by atoms with E-state index in [1.54, 1.807) is 24.3 Å². The van der Waals surface area contributed by atoms with Crippen molar-refractivity contribution in [2.45, 2.75) is 18.2 Å². The molecule has 0 heterocycles. The lowest BCUT2D eigenvalue weighted by Crippen LogP contribution is -2.37. The van der Waals surface area contributed by atoms with E-state index >= 15 is 0 Å². The van der Waals surface area contributed by atoms with Crippen LogP contribution in [0.15, 0.2) is 65.2 Å². The van der Waals surface area contributed by atoms with E-state index in [-0.39, 0.29) is 10.8 Å². The minimum absolute atomic E-state index is 0.204. The molecule has 0 radical (unpaired) electrons. The number of hydrogen-bond acceptors (Lipinski definition) is 3. The van der Waals surface area contributed by atoms with Crippen LogP contribution in [0.4, 0.5) is 0 Å². The maximum absolute atomic E-state index is 12.3. The standard InChI is InChI=1S/C17H19N2O2S/c1-13-5-9-17(10-6-13)22(20,21)19-18-16-11-14-3-2-4-15(12-16)8-7-14/h2-11,14-15,18-19H,12H2,1H3/q+1/t14-,15+/m1/s1. The molecule has 0 spiro atoms. The Morgan fingerprint density at radius 3 is 2.68 bits per heavy atom. The van der Waals surface area contributed by atoms with Gasteiger partial charge in [-0.15, -0.1) is 4.83 Å². The fourth-order valence-corrected chi connectivity index (χ4v) is 3.42. The quantitative estimate of drug-likeness (QED) is 0.510. The SMILES string of the molecule is Cc1ccc(S(=O)(=O)NNC2=C[C@@H]3C=C[CH+][C@@H](C=C3)C2)cc1. The van der Waals surface area contributed by atoms with E-state index in [1.165, 1.54) is 0 Å². The van der Waals surface area contributed by atoms with Gasteiger partial charge in [-0.3, -0.25) is 0 Å². The van der Waals surface area contributed by atoms with Gasteiger partial charge in [-0.05, 0) is 25.1 Å². The maximum Gasteiger partial charge on any atom is 0.257 e. The molecule has 114 valence electrons. The van der Waals surface area contributed by atoms with Gasteiger partial charge in [0.15, 0.2) is 0 Å². The highest BCUT2D eigenvalue weighted by atomic mass is 32.2. The van der Waals surface area contributed by atoms with Crippen LogP contribution < -0.4 is 10.3 Å². The molecule has 2 aliphatic rings. The van der Waals surface area contributed by atoms with E-state index in [1.807, 2.05) is 13.0 Å². The largest absolute Gasteiger partial charge is 0.312 e. The van der Waals surface area contributed by atoms with Crippen molar-refractivity contribution in [3.8, 4) is 0 Å². The lowest BCUT2D eigenvalue weighted by Gasteiger charge is -2.15. The predicted molar refractivity (Wildman–Crippen MR) is 86.9 cm³/mol. The molecule has 0 aliphatic heterocycles. The zero-order chi connectivity index (χ0) is 15.6. The van der Waals surface area contributed by atoms with Crippen molar-refractivity contribution in [1.82, 2.24) is 10.3 Å². The second-order valence-electron chi connectivity index (χ2n) is 5.64. The molecule has 0 amide bonds. The minimum atomic E-state index is -3.56. The monoisotopic (exact) mass is 315 g/mol. The third-order valence-electron chi connectivity index (χ3n) is 3.80. The normalized spacial score (nSPS) is 23.4. The van der Waals surface area contributed by atoms with Gasteiger partial charge in [0.2, 0.25) is 0 Å². The van der Waals surface area contributed by atoms with Gasteiger partial charge in [0.05, 0.1) is 28.9 Å². The Balaban J connectivity index is 1.71. The highest BCUT2D eigenvalue weighted by molar-refractivity contribution is 7.89. The number of benzene rings is 1. The summed E-state index contributed by atoms with van der Waals surface area (Å²) in [6.45, 7) is 1.92. The van der Waals surface area contributed by atoms with Gasteiger partial charge in [0.25, 0.3) is 10.0 Å². The Morgan fingerprint density at radius 1 is 1.14 bits per heavy atom. The van der Waals surface area contributed by atoms with Crippen molar-refractivity contribution in [2.75, 3.05) is 0 Å². The van der Waals surface area contributed by atoms with Crippen LogP contribution in [0.3, 0.4) is 0 Å². The molecule has 0 saturated carbocycles. The predicted octanol–water partition coefficient (Wildman–Crippen LogP) is 2.63. The molecule has 0 aromatic heterocycles. The third kappa shape index (κ3) is 3.43.